The summed E-state index contributed by atoms with van der Waals surface area (Å²) in [5.41, 5.74) is 0. The Hall–Kier alpha value is -1.35. The van der Waals surface area contributed by atoms with E-state index < -0.39 is 48.1 Å². The number of rotatable bonds is 7. The smallest absolute Gasteiger partial charge is 0.302 e. The van der Waals surface area contributed by atoms with Gasteiger partial charge in [0.15, 0.2) is 11.9 Å². The Bertz CT molecular complexity index is 421. The van der Waals surface area contributed by atoms with Crippen molar-refractivity contribution in [2.24, 2.45) is 0 Å². The average molecular weight is 318 g/mol. The van der Waals surface area contributed by atoms with Gasteiger partial charge < -0.3 is 23.7 Å². The van der Waals surface area contributed by atoms with Crippen molar-refractivity contribution >= 4 is 17.5 Å². The zero-order chi connectivity index (χ0) is 16.9. The SMILES string of the molecule is CO[C@@H]1[C@@H](OC)[C@@H](C(=O)C(C)=O)O[C@H](COC(C)=O)[C@@H]1OC. The van der Waals surface area contributed by atoms with Crippen molar-refractivity contribution in [3.63, 3.8) is 0 Å². The summed E-state index contributed by atoms with van der Waals surface area (Å²) in [7, 11) is 4.27. The van der Waals surface area contributed by atoms with Gasteiger partial charge in [-0.1, -0.05) is 0 Å². The fourth-order valence-electron chi connectivity index (χ4n) is 2.47. The van der Waals surface area contributed by atoms with E-state index in [0.29, 0.717) is 0 Å². The second-order valence-corrected chi connectivity index (χ2v) is 4.92. The molecule has 22 heavy (non-hydrogen) atoms. The normalized spacial score (nSPS) is 31.6. The van der Waals surface area contributed by atoms with Crippen molar-refractivity contribution in [1.29, 1.82) is 0 Å². The zero-order valence-electron chi connectivity index (χ0n) is 13.4. The van der Waals surface area contributed by atoms with E-state index in [-0.39, 0.29) is 6.61 Å². The van der Waals surface area contributed by atoms with E-state index in [1.807, 2.05) is 0 Å². The summed E-state index contributed by atoms with van der Waals surface area (Å²) in [6.07, 6.45) is -3.97. The molecule has 0 amide bonds. The topological polar surface area (TPSA) is 97.4 Å². The van der Waals surface area contributed by atoms with E-state index in [4.69, 9.17) is 23.7 Å². The van der Waals surface area contributed by atoms with E-state index in [1.54, 1.807) is 0 Å². The van der Waals surface area contributed by atoms with E-state index in [0.717, 1.165) is 6.92 Å². The number of methoxy groups -OCH3 is 3. The second-order valence-electron chi connectivity index (χ2n) is 4.92. The third kappa shape index (κ3) is 4.10. The summed E-state index contributed by atoms with van der Waals surface area (Å²) in [4.78, 5) is 34.4. The molecule has 126 valence electrons. The van der Waals surface area contributed by atoms with Gasteiger partial charge in [0.1, 0.15) is 31.0 Å². The third-order valence-electron chi connectivity index (χ3n) is 3.51. The Morgan fingerprint density at radius 1 is 0.909 bits per heavy atom. The van der Waals surface area contributed by atoms with Gasteiger partial charge in [-0.15, -0.1) is 0 Å². The highest BCUT2D eigenvalue weighted by Crippen LogP contribution is 2.28. The number of ketones is 2. The lowest BCUT2D eigenvalue weighted by Crippen LogP contribution is -2.63. The van der Waals surface area contributed by atoms with Crippen LogP contribution in [0.5, 0.6) is 0 Å². The molecule has 0 aromatic rings. The summed E-state index contributed by atoms with van der Waals surface area (Å²) >= 11 is 0. The van der Waals surface area contributed by atoms with Crippen LogP contribution in [0.15, 0.2) is 0 Å². The van der Waals surface area contributed by atoms with Crippen LogP contribution >= 0.6 is 0 Å². The summed E-state index contributed by atoms with van der Waals surface area (Å²) in [5.74, 6) is -1.86. The molecule has 5 atom stereocenters. The van der Waals surface area contributed by atoms with E-state index in [1.165, 1.54) is 28.3 Å². The molecule has 0 unspecified atom stereocenters. The molecule has 1 fully saturated rings. The van der Waals surface area contributed by atoms with Crippen LogP contribution in [0.1, 0.15) is 13.8 Å². The molecular formula is C14H22O8. The summed E-state index contributed by atoms with van der Waals surface area (Å²) in [6, 6.07) is 0. The maximum Gasteiger partial charge on any atom is 0.302 e. The quantitative estimate of drug-likeness (QED) is 0.458. The number of esters is 1. The van der Waals surface area contributed by atoms with Gasteiger partial charge >= 0.3 is 5.97 Å². The van der Waals surface area contributed by atoms with Crippen molar-refractivity contribution in [2.45, 2.75) is 44.4 Å². The van der Waals surface area contributed by atoms with Crippen molar-refractivity contribution in [3.05, 3.63) is 0 Å². The summed E-state index contributed by atoms with van der Waals surface area (Å²) in [5, 5.41) is 0. The van der Waals surface area contributed by atoms with Crippen LogP contribution in [-0.4, -0.2) is 76.0 Å². The average Bonchev–Trinajstić information content (AvgIpc) is 2.49. The molecule has 0 radical (unpaired) electrons. The van der Waals surface area contributed by atoms with Crippen LogP contribution in [-0.2, 0) is 38.1 Å². The molecule has 0 aliphatic carbocycles. The Morgan fingerprint density at radius 2 is 1.45 bits per heavy atom. The molecule has 8 heteroatoms. The van der Waals surface area contributed by atoms with Gasteiger partial charge in [-0.05, 0) is 0 Å². The van der Waals surface area contributed by atoms with E-state index in [2.05, 4.69) is 0 Å². The first-order valence-electron chi connectivity index (χ1n) is 6.79. The lowest BCUT2D eigenvalue weighted by molar-refractivity contribution is -0.244. The Morgan fingerprint density at radius 3 is 1.86 bits per heavy atom. The molecule has 1 aliphatic rings. The number of ether oxygens (including phenoxy) is 5. The fraction of sp³-hybridized carbons (Fsp3) is 0.786. The van der Waals surface area contributed by atoms with Crippen LogP contribution in [0, 0.1) is 0 Å². The van der Waals surface area contributed by atoms with Gasteiger partial charge in [-0.3, -0.25) is 14.4 Å². The minimum absolute atomic E-state index is 0.119. The first-order valence-corrected chi connectivity index (χ1v) is 6.79. The highest BCUT2D eigenvalue weighted by atomic mass is 16.6. The lowest BCUT2D eigenvalue weighted by Gasteiger charge is -2.43. The van der Waals surface area contributed by atoms with Gasteiger partial charge in [0, 0.05) is 35.2 Å². The van der Waals surface area contributed by atoms with Gasteiger partial charge in [0.05, 0.1) is 0 Å². The van der Waals surface area contributed by atoms with Gasteiger partial charge in [-0.25, -0.2) is 0 Å². The molecule has 0 aromatic heterocycles. The minimum atomic E-state index is -1.14. The van der Waals surface area contributed by atoms with Crippen molar-refractivity contribution in [2.75, 3.05) is 27.9 Å². The number of hydrogen-bond acceptors (Lipinski definition) is 8. The molecule has 0 saturated carbocycles. The zero-order valence-corrected chi connectivity index (χ0v) is 13.4. The Balaban J connectivity index is 3.05. The van der Waals surface area contributed by atoms with Crippen molar-refractivity contribution < 1.29 is 38.1 Å². The predicted molar refractivity (Wildman–Crippen MR) is 73.4 cm³/mol. The van der Waals surface area contributed by atoms with Crippen LogP contribution in [0.4, 0.5) is 0 Å². The van der Waals surface area contributed by atoms with Crippen LogP contribution in [0.3, 0.4) is 0 Å². The number of hydrogen-bond donors (Lipinski definition) is 0. The highest BCUT2D eigenvalue weighted by molar-refractivity contribution is 6.38. The maximum absolute atomic E-state index is 12.0. The highest BCUT2D eigenvalue weighted by Gasteiger charge is 2.50. The number of carbonyl (C=O) groups excluding carboxylic acids is 3. The van der Waals surface area contributed by atoms with Crippen molar-refractivity contribution in [1.82, 2.24) is 0 Å². The van der Waals surface area contributed by atoms with E-state index >= 15 is 0 Å². The maximum atomic E-state index is 12.0. The molecule has 1 rings (SSSR count). The third-order valence-corrected chi connectivity index (χ3v) is 3.51. The molecule has 0 bridgehead atoms. The standard InChI is InChI=1S/C14H22O8/c1-7(15)10(17)12-14(20-5)13(19-4)11(18-3)9(22-12)6-21-8(2)16/h9,11-14H,6H2,1-5H3/t9-,11+,12-,13+,14+/m1/s1. The predicted octanol–water partition coefficient (Wildman–Crippen LogP) is -0.480. The monoisotopic (exact) mass is 318 g/mol. The summed E-state index contributed by atoms with van der Waals surface area (Å²) in [6.45, 7) is 2.30. The second kappa shape index (κ2) is 8.33. The first kappa shape index (κ1) is 18.7. The Labute approximate surface area is 129 Å². The molecule has 0 N–H and O–H groups in total. The van der Waals surface area contributed by atoms with Gasteiger partial charge in [0.2, 0.25) is 5.78 Å². The van der Waals surface area contributed by atoms with Gasteiger partial charge in [-0.2, -0.15) is 0 Å². The fourth-order valence-corrected chi connectivity index (χ4v) is 2.47. The minimum Gasteiger partial charge on any atom is -0.463 e. The first-order chi connectivity index (χ1) is 10.4. The molecule has 1 aliphatic heterocycles. The molecule has 0 aromatic carbocycles. The lowest BCUT2D eigenvalue weighted by atomic mass is 9.91. The number of carbonyl (C=O) groups is 3. The molecule has 1 heterocycles. The molecular weight excluding hydrogens is 296 g/mol. The van der Waals surface area contributed by atoms with Crippen LogP contribution in [0.25, 0.3) is 0 Å². The van der Waals surface area contributed by atoms with Crippen molar-refractivity contribution in [3.8, 4) is 0 Å². The van der Waals surface area contributed by atoms with Crippen LogP contribution in [0.2, 0.25) is 0 Å². The Kier molecular flexibility index (Phi) is 7.08. The van der Waals surface area contributed by atoms with Crippen LogP contribution < -0.4 is 0 Å². The summed E-state index contributed by atoms with van der Waals surface area (Å²) < 4.78 is 26.5. The molecule has 8 nitrogen and oxygen atoms in total. The van der Waals surface area contributed by atoms with Gasteiger partial charge in [0.25, 0.3) is 0 Å². The molecule has 0 spiro atoms. The number of Topliss-reactive ketones (excluding diaryl/α,β-unsaturated/α-hetero) is 2. The molecule has 1 saturated heterocycles. The van der Waals surface area contributed by atoms with E-state index in [9.17, 15) is 14.4 Å². The largest absolute Gasteiger partial charge is 0.463 e.